The van der Waals surface area contributed by atoms with Gasteiger partial charge in [-0.1, -0.05) is 30.3 Å². The lowest BCUT2D eigenvalue weighted by molar-refractivity contribution is -0.118. The van der Waals surface area contributed by atoms with Gasteiger partial charge in [-0.2, -0.15) is 10.4 Å². The van der Waals surface area contributed by atoms with Gasteiger partial charge in [0, 0.05) is 5.75 Å². The van der Waals surface area contributed by atoms with E-state index in [4.69, 9.17) is 10.00 Å². The molecule has 0 fully saturated rings. The quantitative estimate of drug-likeness (QED) is 0.593. The van der Waals surface area contributed by atoms with Gasteiger partial charge in [0.05, 0.1) is 12.0 Å². The maximum atomic E-state index is 11.7. The molecule has 0 aliphatic carbocycles. The fraction of sp³-hybridized carbons (Fsp3) is 0.167. The summed E-state index contributed by atoms with van der Waals surface area (Å²) < 4.78 is 5.16. The smallest absolute Gasteiger partial charge is 0.250 e. The number of hydrogen-bond donors (Lipinski definition) is 1. The van der Waals surface area contributed by atoms with Gasteiger partial charge in [0.1, 0.15) is 11.8 Å². The minimum atomic E-state index is -0.138. The zero-order chi connectivity index (χ0) is 17.0. The van der Waals surface area contributed by atoms with E-state index in [1.54, 1.807) is 42.2 Å². The summed E-state index contributed by atoms with van der Waals surface area (Å²) in [4.78, 5) is 11.7. The van der Waals surface area contributed by atoms with E-state index in [9.17, 15) is 4.79 Å². The second kappa shape index (κ2) is 10.1. The van der Waals surface area contributed by atoms with Crippen LogP contribution in [0.15, 0.2) is 59.7 Å². The van der Waals surface area contributed by atoms with E-state index in [1.165, 1.54) is 5.56 Å². The molecule has 0 unspecified atom stereocenters. The number of thioether (sulfide) groups is 1. The first-order valence-corrected chi connectivity index (χ1v) is 8.47. The molecule has 0 aromatic heterocycles. The first-order chi connectivity index (χ1) is 11.8. The Morgan fingerprint density at radius 1 is 1.21 bits per heavy atom. The summed E-state index contributed by atoms with van der Waals surface area (Å²) in [6.07, 6.45) is 1.56. The third-order valence-electron chi connectivity index (χ3n) is 2.93. The van der Waals surface area contributed by atoms with Crippen molar-refractivity contribution in [2.75, 3.05) is 12.4 Å². The normalized spacial score (nSPS) is 10.3. The molecule has 5 nitrogen and oxygen atoms in total. The lowest BCUT2D eigenvalue weighted by Gasteiger charge is -2.02. The lowest BCUT2D eigenvalue weighted by Crippen LogP contribution is -2.19. The number of nitrogens with zero attached hydrogens (tertiary/aromatic N) is 2. The molecule has 1 amide bonds. The van der Waals surface area contributed by atoms with Crippen LogP contribution in [0, 0.1) is 11.3 Å². The Balaban J connectivity index is 1.69. The predicted octanol–water partition coefficient (Wildman–Crippen LogP) is 2.97. The molecule has 2 aromatic carbocycles. The molecule has 0 saturated carbocycles. The van der Waals surface area contributed by atoms with Crippen LogP contribution in [0.1, 0.15) is 11.1 Å². The van der Waals surface area contributed by atoms with Crippen LogP contribution in [0.5, 0.6) is 5.75 Å². The van der Waals surface area contributed by atoms with Crippen molar-refractivity contribution in [2.24, 2.45) is 5.10 Å². The number of benzene rings is 2. The highest BCUT2D eigenvalue weighted by molar-refractivity contribution is 7.99. The fourth-order valence-corrected chi connectivity index (χ4v) is 2.59. The summed E-state index contributed by atoms with van der Waals surface area (Å²) in [6, 6.07) is 19.0. The summed E-state index contributed by atoms with van der Waals surface area (Å²) in [5.41, 5.74) is 4.52. The summed E-state index contributed by atoms with van der Waals surface area (Å²) in [5, 5.41) is 12.4. The van der Waals surface area contributed by atoms with Crippen molar-refractivity contribution in [3.63, 3.8) is 0 Å². The summed E-state index contributed by atoms with van der Waals surface area (Å²) in [7, 11) is 0. The third kappa shape index (κ3) is 6.55. The maximum Gasteiger partial charge on any atom is 0.250 e. The van der Waals surface area contributed by atoms with Crippen LogP contribution in [-0.4, -0.2) is 24.5 Å². The van der Waals surface area contributed by atoms with E-state index in [0.717, 1.165) is 11.3 Å². The zero-order valence-electron chi connectivity index (χ0n) is 13.0. The minimum absolute atomic E-state index is 0.0180. The van der Waals surface area contributed by atoms with Gasteiger partial charge >= 0.3 is 0 Å². The minimum Gasteiger partial charge on any atom is -0.479 e. The summed E-state index contributed by atoms with van der Waals surface area (Å²) >= 11 is 1.54. The second-order valence-electron chi connectivity index (χ2n) is 4.79. The zero-order valence-corrected chi connectivity index (χ0v) is 13.8. The molecule has 0 atom stereocenters. The Bertz CT molecular complexity index is 709. The van der Waals surface area contributed by atoms with E-state index in [-0.39, 0.29) is 12.5 Å². The summed E-state index contributed by atoms with van der Waals surface area (Å²) in [5.74, 6) is 1.63. The monoisotopic (exact) mass is 339 g/mol. The number of carbonyl (C=O) groups excluding carboxylic acids is 1. The molecule has 24 heavy (non-hydrogen) atoms. The largest absolute Gasteiger partial charge is 0.479 e. The van der Waals surface area contributed by atoms with Gasteiger partial charge in [-0.05, 0) is 35.4 Å². The van der Waals surface area contributed by atoms with E-state index in [0.29, 0.717) is 11.5 Å². The topological polar surface area (TPSA) is 74.5 Å². The van der Waals surface area contributed by atoms with Gasteiger partial charge in [0.2, 0.25) is 5.91 Å². The molecular weight excluding hydrogens is 322 g/mol. The van der Waals surface area contributed by atoms with Crippen LogP contribution in [0.3, 0.4) is 0 Å². The van der Waals surface area contributed by atoms with Crippen molar-refractivity contribution in [3.05, 3.63) is 65.7 Å². The number of amides is 1. The van der Waals surface area contributed by atoms with Crippen molar-refractivity contribution >= 4 is 23.9 Å². The Hall–Kier alpha value is -2.78. The van der Waals surface area contributed by atoms with Crippen LogP contribution < -0.4 is 10.2 Å². The average Bonchev–Trinajstić information content (AvgIpc) is 2.62. The molecule has 6 heteroatoms. The van der Waals surface area contributed by atoms with E-state index in [2.05, 4.69) is 10.5 Å². The highest BCUT2D eigenvalue weighted by Gasteiger charge is 2.00. The molecule has 2 aromatic rings. The molecule has 2 rings (SSSR count). The molecular formula is C18H17N3O2S. The third-order valence-corrected chi connectivity index (χ3v) is 3.93. The fourth-order valence-electron chi connectivity index (χ4n) is 1.81. The molecule has 0 aliphatic rings. The highest BCUT2D eigenvalue weighted by Crippen LogP contribution is 2.11. The molecule has 0 bridgehead atoms. The average molecular weight is 339 g/mol. The standard InChI is InChI=1S/C18H17N3O2S/c19-10-11-23-17-8-6-15(7-9-17)12-20-21-18(22)14-24-13-16-4-2-1-3-5-16/h1-9,12H,11,13-14H2,(H,21,22)/b20-12-. The SMILES string of the molecule is N#CCOc1ccc(/C=N\NC(=O)CSCc2ccccc2)cc1. The van der Waals surface area contributed by atoms with Crippen LogP contribution in [0.4, 0.5) is 0 Å². The molecule has 0 saturated heterocycles. The number of nitriles is 1. The Labute approximate surface area is 145 Å². The van der Waals surface area contributed by atoms with Crippen molar-refractivity contribution in [1.29, 1.82) is 5.26 Å². The van der Waals surface area contributed by atoms with Gasteiger partial charge < -0.3 is 4.74 Å². The number of rotatable bonds is 8. The van der Waals surface area contributed by atoms with Gasteiger partial charge in [-0.3, -0.25) is 4.79 Å². The lowest BCUT2D eigenvalue weighted by atomic mass is 10.2. The van der Waals surface area contributed by atoms with Gasteiger partial charge in [0.25, 0.3) is 0 Å². The first kappa shape index (κ1) is 17.6. The van der Waals surface area contributed by atoms with E-state index in [1.807, 2.05) is 36.4 Å². The predicted molar refractivity (Wildman–Crippen MR) is 95.9 cm³/mol. The number of hydrazone groups is 1. The molecule has 122 valence electrons. The Kier molecular flexibility index (Phi) is 7.38. The van der Waals surface area contributed by atoms with Crippen LogP contribution in [0.25, 0.3) is 0 Å². The van der Waals surface area contributed by atoms with Crippen molar-refractivity contribution < 1.29 is 9.53 Å². The van der Waals surface area contributed by atoms with Crippen molar-refractivity contribution in [1.82, 2.24) is 5.43 Å². The van der Waals surface area contributed by atoms with Gasteiger partial charge in [0.15, 0.2) is 6.61 Å². The van der Waals surface area contributed by atoms with Crippen LogP contribution in [-0.2, 0) is 10.5 Å². The molecule has 0 radical (unpaired) electrons. The van der Waals surface area contributed by atoms with Crippen molar-refractivity contribution in [3.8, 4) is 11.8 Å². The number of hydrogen-bond acceptors (Lipinski definition) is 5. The maximum absolute atomic E-state index is 11.7. The number of ether oxygens (including phenoxy) is 1. The number of nitrogens with one attached hydrogen (secondary N) is 1. The molecule has 0 heterocycles. The van der Waals surface area contributed by atoms with E-state index < -0.39 is 0 Å². The number of carbonyl (C=O) groups is 1. The van der Waals surface area contributed by atoms with Crippen LogP contribution in [0.2, 0.25) is 0 Å². The Morgan fingerprint density at radius 2 is 1.96 bits per heavy atom. The second-order valence-corrected chi connectivity index (χ2v) is 5.77. The molecule has 0 spiro atoms. The van der Waals surface area contributed by atoms with Crippen LogP contribution >= 0.6 is 11.8 Å². The Morgan fingerprint density at radius 3 is 2.67 bits per heavy atom. The van der Waals surface area contributed by atoms with Crippen molar-refractivity contribution in [2.45, 2.75) is 5.75 Å². The molecule has 0 aliphatic heterocycles. The van der Waals surface area contributed by atoms with E-state index >= 15 is 0 Å². The van der Waals surface area contributed by atoms with Gasteiger partial charge in [-0.25, -0.2) is 5.43 Å². The summed E-state index contributed by atoms with van der Waals surface area (Å²) in [6.45, 7) is 0.0180. The highest BCUT2D eigenvalue weighted by atomic mass is 32.2. The molecule has 1 N–H and O–H groups in total. The van der Waals surface area contributed by atoms with Gasteiger partial charge in [-0.15, -0.1) is 11.8 Å². The first-order valence-electron chi connectivity index (χ1n) is 7.31.